The van der Waals surface area contributed by atoms with Gasteiger partial charge in [0, 0.05) is 6.66 Å². The third-order valence-corrected chi connectivity index (χ3v) is 5.65. The van der Waals surface area contributed by atoms with E-state index in [0.29, 0.717) is 6.61 Å². The van der Waals surface area contributed by atoms with Crippen molar-refractivity contribution in [3.05, 3.63) is 58.7 Å². The van der Waals surface area contributed by atoms with E-state index in [2.05, 4.69) is 19.1 Å². The Bertz CT molecular complexity index is 806. The number of benzene rings is 2. The van der Waals surface area contributed by atoms with E-state index in [-0.39, 0.29) is 6.10 Å². The van der Waals surface area contributed by atoms with E-state index in [1.807, 2.05) is 30.9 Å². The van der Waals surface area contributed by atoms with Crippen LogP contribution in [0, 0.1) is 0 Å². The lowest BCUT2D eigenvalue weighted by atomic mass is 9.91. The van der Waals surface area contributed by atoms with Crippen LogP contribution in [0.3, 0.4) is 0 Å². The Labute approximate surface area is 136 Å². The Hall–Kier alpha value is -1.61. The predicted octanol–water partition coefficient (Wildman–Crippen LogP) is 4.61. The lowest BCUT2D eigenvalue weighted by Gasteiger charge is -2.31. The van der Waals surface area contributed by atoms with E-state index in [1.54, 1.807) is 0 Å². The second-order valence-electron chi connectivity index (χ2n) is 6.05. The molecule has 5 heteroatoms. The van der Waals surface area contributed by atoms with E-state index in [0.717, 1.165) is 40.2 Å². The molecule has 0 saturated carbocycles. The fraction of sp³-hybridized carbons (Fsp3) is 0.333. The van der Waals surface area contributed by atoms with Crippen molar-refractivity contribution in [2.24, 2.45) is 0 Å². The number of hydrogen-bond donors (Lipinski definition) is 0. The third kappa shape index (κ3) is 1.72. The highest BCUT2D eigenvalue weighted by molar-refractivity contribution is 7.47. The molecule has 0 aliphatic carbocycles. The zero-order valence-corrected chi connectivity index (χ0v) is 13.9. The molecule has 0 fully saturated rings. The Morgan fingerprint density at radius 2 is 1.83 bits per heavy atom. The van der Waals surface area contributed by atoms with Crippen LogP contribution in [-0.4, -0.2) is 6.66 Å². The molecule has 3 aliphatic rings. The first-order valence-corrected chi connectivity index (χ1v) is 9.52. The molecule has 3 aliphatic heterocycles. The van der Waals surface area contributed by atoms with Crippen molar-refractivity contribution in [1.82, 2.24) is 0 Å². The van der Waals surface area contributed by atoms with Gasteiger partial charge in [0.2, 0.25) is 5.79 Å². The Balaban J connectivity index is 1.86. The first-order chi connectivity index (χ1) is 11.2. The molecule has 4 nitrogen and oxygen atoms in total. The minimum atomic E-state index is -1.05. The zero-order valence-electron chi connectivity index (χ0n) is 13.0. The van der Waals surface area contributed by atoms with Crippen LogP contribution in [0.4, 0.5) is 0 Å². The van der Waals surface area contributed by atoms with Gasteiger partial charge in [0.15, 0.2) is 0 Å². The monoisotopic (exact) mass is 328 g/mol. The molecule has 2 aromatic carbocycles. The standard InChI is InChI=1S/C18H17O4P/c1-3-13-12-7-5-9-15-17(12)18(20-13)16-11(10-19-18)6-4-8-14(16)21-23(2)22-15/h4-9,13H,3,10H2,1-2H3/t13-,18-,23?/m0/s1. The van der Waals surface area contributed by atoms with Gasteiger partial charge in [-0.05, 0) is 29.7 Å². The van der Waals surface area contributed by atoms with Gasteiger partial charge < -0.3 is 18.5 Å². The van der Waals surface area contributed by atoms with Gasteiger partial charge in [-0.2, -0.15) is 0 Å². The normalized spacial score (nSPS) is 29.8. The Morgan fingerprint density at radius 1 is 1.09 bits per heavy atom. The van der Waals surface area contributed by atoms with Gasteiger partial charge in [0.1, 0.15) is 11.5 Å². The molecule has 0 bridgehead atoms. The maximum Gasteiger partial charge on any atom is 0.286 e. The highest BCUT2D eigenvalue weighted by Crippen LogP contribution is 2.61. The highest BCUT2D eigenvalue weighted by atomic mass is 31.2. The summed E-state index contributed by atoms with van der Waals surface area (Å²) in [6.07, 6.45) is 0.898. The van der Waals surface area contributed by atoms with Crippen molar-refractivity contribution in [1.29, 1.82) is 0 Å². The number of ether oxygens (including phenoxy) is 2. The minimum absolute atomic E-state index is 0.00809. The molecule has 1 spiro atoms. The molecule has 0 aromatic heterocycles. The van der Waals surface area contributed by atoms with Gasteiger partial charge in [0.25, 0.3) is 8.38 Å². The van der Waals surface area contributed by atoms with Gasteiger partial charge in [-0.15, -0.1) is 0 Å². The number of hydrogen-bond acceptors (Lipinski definition) is 4. The van der Waals surface area contributed by atoms with Crippen molar-refractivity contribution < 1.29 is 18.5 Å². The largest absolute Gasteiger partial charge is 0.438 e. The predicted molar refractivity (Wildman–Crippen MR) is 86.7 cm³/mol. The molecule has 3 atom stereocenters. The summed E-state index contributed by atoms with van der Waals surface area (Å²) in [6.45, 7) is 4.63. The topological polar surface area (TPSA) is 36.9 Å². The molecule has 0 N–H and O–H groups in total. The van der Waals surface area contributed by atoms with Crippen molar-refractivity contribution in [2.45, 2.75) is 31.8 Å². The molecular formula is C18H17O4P. The first kappa shape index (κ1) is 13.8. The van der Waals surface area contributed by atoms with E-state index < -0.39 is 14.2 Å². The molecule has 2 aromatic rings. The maximum atomic E-state index is 6.47. The summed E-state index contributed by atoms with van der Waals surface area (Å²) in [5.74, 6) is 0.731. The lowest BCUT2D eigenvalue weighted by Crippen LogP contribution is -2.28. The molecule has 0 saturated heterocycles. The van der Waals surface area contributed by atoms with Crippen LogP contribution in [0.1, 0.15) is 41.7 Å². The molecule has 3 heterocycles. The van der Waals surface area contributed by atoms with Gasteiger partial charge in [-0.3, -0.25) is 0 Å². The van der Waals surface area contributed by atoms with Crippen LogP contribution in [-0.2, 0) is 21.9 Å². The smallest absolute Gasteiger partial charge is 0.286 e. The van der Waals surface area contributed by atoms with Crippen molar-refractivity contribution >= 4 is 8.38 Å². The van der Waals surface area contributed by atoms with E-state index in [1.165, 1.54) is 0 Å². The fourth-order valence-corrected chi connectivity index (χ4v) is 4.75. The van der Waals surface area contributed by atoms with Gasteiger partial charge in [0.05, 0.1) is 23.8 Å². The molecule has 0 radical (unpaired) electrons. The molecule has 5 rings (SSSR count). The summed E-state index contributed by atoms with van der Waals surface area (Å²) in [6, 6.07) is 12.2. The second kappa shape index (κ2) is 4.70. The Kier molecular flexibility index (Phi) is 2.82. The highest BCUT2D eigenvalue weighted by Gasteiger charge is 2.55. The van der Waals surface area contributed by atoms with Gasteiger partial charge >= 0.3 is 0 Å². The summed E-state index contributed by atoms with van der Waals surface area (Å²) in [5.41, 5.74) is 4.33. The maximum absolute atomic E-state index is 6.47. The average Bonchev–Trinajstić information content (AvgIpc) is 3.07. The summed E-state index contributed by atoms with van der Waals surface area (Å²) < 4.78 is 24.9. The quantitative estimate of drug-likeness (QED) is 0.716. The van der Waals surface area contributed by atoms with Crippen LogP contribution in [0.25, 0.3) is 0 Å². The zero-order chi connectivity index (χ0) is 15.6. The SMILES string of the molecule is CC[C@@H]1O[C@@]23OCc4cccc(c42)OP(C)Oc2cccc1c23. The number of rotatable bonds is 1. The van der Waals surface area contributed by atoms with Crippen molar-refractivity contribution in [3.63, 3.8) is 0 Å². The van der Waals surface area contributed by atoms with Gasteiger partial charge in [-0.1, -0.05) is 31.2 Å². The third-order valence-electron chi connectivity index (χ3n) is 4.74. The van der Waals surface area contributed by atoms with E-state index in [9.17, 15) is 0 Å². The molecular weight excluding hydrogens is 311 g/mol. The average molecular weight is 328 g/mol. The summed E-state index contributed by atoms with van der Waals surface area (Å²) in [4.78, 5) is 0. The Morgan fingerprint density at radius 3 is 2.61 bits per heavy atom. The van der Waals surface area contributed by atoms with Crippen LogP contribution in [0.15, 0.2) is 36.4 Å². The van der Waals surface area contributed by atoms with Crippen LogP contribution in [0.5, 0.6) is 11.5 Å². The van der Waals surface area contributed by atoms with E-state index >= 15 is 0 Å². The summed E-state index contributed by atoms with van der Waals surface area (Å²) in [7, 11) is -1.05. The lowest BCUT2D eigenvalue weighted by molar-refractivity contribution is -0.220. The molecule has 118 valence electrons. The first-order valence-electron chi connectivity index (χ1n) is 7.90. The van der Waals surface area contributed by atoms with Crippen LogP contribution in [0.2, 0.25) is 0 Å². The summed E-state index contributed by atoms with van der Waals surface area (Å²) >= 11 is 0. The van der Waals surface area contributed by atoms with E-state index in [4.69, 9.17) is 18.5 Å². The minimum Gasteiger partial charge on any atom is -0.438 e. The molecule has 0 amide bonds. The van der Waals surface area contributed by atoms with Crippen LogP contribution >= 0.6 is 8.38 Å². The van der Waals surface area contributed by atoms with Crippen LogP contribution < -0.4 is 9.05 Å². The second-order valence-corrected chi connectivity index (χ2v) is 7.30. The molecule has 23 heavy (non-hydrogen) atoms. The molecule has 1 unspecified atom stereocenters. The van der Waals surface area contributed by atoms with Crippen molar-refractivity contribution in [3.8, 4) is 11.5 Å². The van der Waals surface area contributed by atoms with Gasteiger partial charge in [-0.25, -0.2) is 0 Å². The summed E-state index contributed by atoms with van der Waals surface area (Å²) in [5, 5.41) is 0. The van der Waals surface area contributed by atoms with Crippen molar-refractivity contribution in [2.75, 3.05) is 6.66 Å². The fourth-order valence-electron chi connectivity index (χ4n) is 3.85.